The fourth-order valence-electron chi connectivity index (χ4n) is 2.58. The summed E-state index contributed by atoms with van der Waals surface area (Å²) in [7, 11) is -1.61. The lowest BCUT2D eigenvalue weighted by Gasteiger charge is -2.35. The van der Waals surface area contributed by atoms with E-state index < -0.39 is 10.0 Å². The van der Waals surface area contributed by atoms with Crippen molar-refractivity contribution in [1.29, 1.82) is 0 Å². The Morgan fingerprint density at radius 1 is 1.13 bits per heavy atom. The topological polar surface area (TPSA) is 53.5 Å². The van der Waals surface area contributed by atoms with Crippen LogP contribution in [0.1, 0.15) is 5.56 Å². The molecular weight excluding hydrogens is 357 g/mol. The van der Waals surface area contributed by atoms with Crippen LogP contribution in [0.2, 0.25) is 10.0 Å². The van der Waals surface area contributed by atoms with E-state index in [0.717, 1.165) is 5.69 Å². The minimum absolute atomic E-state index is 0.137. The van der Waals surface area contributed by atoms with Gasteiger partial charge in [-0.15, -0.1) is 0 Å². The van der Waals surface area contributed by atoms with Crippen LogP contribution in [0, 0.1) is 0 Å². The molecule has 2 heterocycles. The molecule has 1 aromatic carbocycles. The second kappa shape index (κ2) is 6.19. The molecule has 0 atom stereocenters. The van der Waals surface area contributed by atoms with Crippen molar-refractivity contribution < 1.29 is 8.42 Å². The molecule has 0 saturated heterocycles. The Morgan fingerprint density at radius 2 is 1.91 bits per heavy atom. The third-order valence-electron chi connectivity index (χ3n) is 3.77. The van der Waals surface area contributed by atoms with Crippen molar-refractivity contribution in [2.24, 2.45) is 0 Å². The van der Waals surface area contributed by atoms with Gasteiger partial charge < -0.3 is 4.90 Å². The van der Waals surface area contributed by atoms with Crippen LogP contribution in [-0.2, 0) is 15.8 Å². The SMILES string of the molecule is CN1CCN(S(=O)(=O)Cc2ccc(Cl)c(Cl)c2)c2cnccc21. The van der Waals surface area contributed by atoms with Gasteiger partial charge >= 0.3 is 0 Å². The number of halogens is 2. The van der Waals surface area contributed by atoms with Crippen LogP contribution in [0.4, 0.5) is 11.4 Å². The first-order valence-electron chi connectivity index (χ1n) is 6.98. The molecule has 0 bridgehead atoms. The van der Waals surface area contributed by atoms with E-state index in [0.29, 0.717) is 34.4 Å². The van der Waals surface area contributed by atoms with Crippen molar-refractivity contribution in [3.05, 3.63) is 52.3 Å². The molecule has 2 aromatic rings. The molecule has 0 radical (unpaired) electrons. The number of anilines is 2. The Bertz CT molecular complexity index is 842. The molecule has 0 saturated carbocycles. The predicted octanol–water partition coefficient (Wildman–Crippen LogP) is 3.17. The van der Waals surface area contributed by atoms with Gasteiger partial charge in [-0.05, 0) is 23.8 Å². The van der Waals surface area contributed by atoms with Crippen molar-refractivity contribution in [2.45, 2.75) is 5.75 Å². The quantitative estimate of drug-likeness (QED) is 0.831. The van der Waals surface area contributed by atoms with Crippen LogP contribution < -0.4 is 9.21 Å². The van der Waals surface area contributed by atoms with Crippen molar-refractivity contribution in [3.8, 4) is 0 Å². The normalized spacial score (nSPS) is 14.7. The van der Waals surface area contributed by atoms with Gasteiger partial charge in [-0.2, -0.15) is 0 Å². The molecule has 1 aliphatic heterocycles. The highest BCUT2D eigenvalue weighted by molar-refractivity contribution is 7.92. The molecule has 1 aliphatic rings. The Hall–Kier alpha value is -1.50. The van der Waals surface area contributed by atoms with Crippen LogP contribution in [0.5, 0.6) is 0 Å². The van der Waals surface area contributed by atoms with E-state index in [4.69, 9.17) is 23.2 Å². The summed E-state index contributed by atoms with van der Waals surface area (Å²) in [6.07, 6.45) is 3.24. The Labute approximate surface area is 145 Å². The summed E-state index contributed by atoms with van der Waals surface area (Å²) in [5.74, 6) is -0.137. The first-order chi connectivity index (χ1) is 10.9. The van der Waals surface area contributed by atoms with Crippen LogP contribution in [-0.4, -0.2) is 33.5 Å². The number of hydrogen-bond acceptors (Lipinski definition) is 4. The van der Waals surface area contributed by atoms with Gasteiger partial charge in [-0.3, -0.25) is 9.29 Å². The molecule has 23 heavy (non-hydrogen) atoms. The summed E-state index contributed by atoms with van der Waals surface area (Å²) in [5.41, 5.74) is 2.05. The zero-order valence-corrected chi connectivity index (χ0v) is 14.7. The third-order valence-corrected chi connectivity index (χ3v) is 6.25. The maximum atomic E-state index is 12.8. The minimum Gasteiger partial charge on any atom is -0.371 e. The smallest absolute Gasteiger partial charge is 0.239 e. The standard InChI is InChI=1S/C15H15Cl2N3O2S/c1-19-6-7-20(15-9-18-5-4-14(15)19)23(21,22)10-11-2-3-12(16)13(17)8-11/h2-5,8-9H,6-7,10H2,1H3. The van der Waals surface area contributed by atoms with Gasteiger partial charge in [-0.25, -0.2) is 8.42 Å². The number of fused-ring (bicyclic) bond motifs is 1. The maximum Gasteiger partial charge on any atom is 0.239 e. The lowest BCUT2D eigenvalue weighted by Crippen LogP contribution is -2.43. The van der Waals surface area contributed by atoms with Crippen molar-refractivity contribution in [2.75, 3.05) is 29.3 Å². The number of sulfonamides is 1. The lowest BCUT2D eigenvalue weighted by atomic mass is 10.2. The molecule has 0 spiro atoms. The number of pyridine rings is 1. The van der Waals surface area contributed by atoms with Gasteiger partial charge in [0.1, 0.15) is 0 Å². The molecule has 0 unspecified atom stereocenters. The van der Waals surface area contributed by atoms with Gasteiger partial charge in [0.2, 0.25) is 10.0 Å². The average Bonchev–Trinajstić information content (AvgIpc) is 2.51. The molecule has 0 N–H and O–H groups in total. The minimum atomic E-state index is -3.54. The molecule has 5 nitrogen and oxygen atoms in total. The van der Waals surface area contributed by atoms with E-state index in [-0.39, 0.29) is 5.75 Å². The van der Waals surface area contributed by atoms with Crippen LogP contribution in [0.25, 0.3) is 0 Å². The molecule has 1 aromatic heterocycles. The summed E-state index contributed by atoms with van der Waals surface area (Å²) >= 11 is 11.8. The number of likely N-dealkylation sites (N-methyl/N-ethyl adjacent to an activating group) is 1. The lowest BCUT2D eigenvalue weighted by molar-refractivity contribution is 0.588. The Balaban J connectivity index is 1.94. The van der Waals surface area contributed by atoms with E-state index in [1.165, 1.54) is 4.31 Å². The van der Waals surface area contributed by atoms with E-state index >= 15 is 0 Å². The van der Waals surface area contributed by atoms with E-state index in [1.54, 1.807) is 30.6 Å². The number of aromatic nitrogens is 1. The second-order valence-electron chi connectivity index (χ2n) is 5.36. The monoisotopic (exact) mass is 371 g/mol. The number of nitrogens with zero attached hydrogens (tertiary/aromatic N) is 3. The van der Waals surface area contributed by atoms with Crippen LogP contribution in [0.15, 0.2) is 36.7 Å². The third kappa shape index (κ3) is 3.24. The largest absolute Gasteiger partial charge is 0.371 e. The summed E-state index contributed by atoms with van der Waals surface area (Å²) in [6, 6.07) is 6.68. The zero-order valence-electron chi connectivity index (χ0n) is 12.4. The summed E-state index contributed by atoms with van der Waals surface area (Å²) < 4.78 is 27.1. The Kier molecular flexibility index (Phi) is 4.40. The van der Waals surface area contributed by atoms with Crippen molar-refractivity contribution >= 4 is 44.6 Å². The fraction of sp³-hybridized carbons (Fsp3) is 0.267. The van der Waals surface area contributed by atoms with Gasteiger partial charge in [0.15, 0.2) is 0 Å². The van der Waals surface area contributed by atoms with Gasteiger partial charge in [0, 0.05) is 19.8 Å². The molecule has 0 aliphatic carbocycles. The van der Waals surface area contributed by atoms with Gasteiger partial charge in [-0.1, -0.05) is 29.3 Å². The van der Waals surface area contributed by atoms with E-state index in [1.807, 2.05) is 18.0 Å². The molecule has 8 heteroatoms. The summed E-state index contributed by atoms with van der Waals surface area (Å²) in [4.78, 5) is 6.07. The number of hydrogen-bond donors (Lipinski definition) is 0. The maximum absolute atomic E-state index is 12.8. The fourth-order valence-corrected chi connectivity index (χ4v) is 4.46. The van der Waals surface area contributed by atoms with Crippen molar-refractivity contribution in [3.63, 3.8) is 0 Å². The highest BCUT2D eigenvalue weighted by Crippen LogP contribution is 2.34. The highest BCUT2D eigenvalue weighted by atomic mass is 35.5. The highest BCUT2D eigenvalue weighted by Gasteiger charge is 2.29. The number of rotatable bonds is 3. The van der Waals surface area contributed by atoms with E-state index in [9.17, 15) is 8.42 Å². The average molecular weight is 372 g/mol. The first-order valence-corrected chi connectivity index (χ1v) is 9.34. The molecule has 3 rings (SSSR count). The molecular formula is C15H15Cl2N3O2S. The Morgan fingerprint density at radius 3 is 2.65 bits per heavy atom. The molecule has 0 fully saturated rings. The first kappa shape index (κ1) is 16.4. The zero-order chi connectivity index (χ0) is 16.6. The van der Waals surface area contributed by atoms with E-state index in [2.05, 4.69) is 4.98 Å². The van der Waals surface area contributed by atoms with Crippen molar-refractivity contribution in [1.82, 2.24) is 4.98 Å². The van der Waals surface area contributed by atoms with Gasteiger partial charge in [0.05, 0.1) is 39.9 Å². The molecule has 0 amide bonds. The summed E-state index contributed by atoms with van der Waals surface area (Å²) in [6.45, 7) is 1.01. The van der Waals surface area contributed by atoms with Crippen LogP contribution in [0.3, 0.4) is 0 Å². The number of benzene rings is 1. The predicted molar refractivity (Wildman–Crippen MR) is 93.9 cm³/mol. The molecule has 122 valence electrons. The summed E-state index contributed by atoms with van der Waals surface area (Å²) in [5, 5.41) is 0.752. The van der Waals surface area contributed by atoms with Crippen LogP contribution >= 0.6 is 23.2 Å². The second-order valence-corrected chi connectivity index (χ2v) is 8.07. The van der Waals surface area contributed by atoms with Gasteiger partial charge in [0.25, 0.3) is 0 Å².